The van der Waals surface area contributed by atoms with Crippen molar-refractivity contribution in [2.24, 2.45) is 5.92 Å². The van der Waals surface area contributed by atoms with Gasteiger partial charge in [-0.1, -0.05) is 18.2 Å². The minimum absolute atomic E-state index is 0.0180. The number of carbonyl (C=O) groups is 2. The lowest BCUT2D eigenvalue weighted by Gasteiger charge is -2.42. The monoisotopic (exact) mass is 525 g/mol. The fraction of sp³-hybridized carbons (Fsp3) is 0.300. The number of aromatic nitrogens is 2. The van der Waals surface area contributed by atoms with Crippen LogP contribution < -0.4 is 20.9 Å². The number of hydrogen-bond acceptors (Lipinski definition) is 4. The number of benzene rings is 2. The number of likely N-dealkylation sites (tertiary alicyclic amines) is 1. The molecule has 2 aromatic heterocycles. The Morgan fingerprint density at radius 2 is 1.92 bits per heavy atom. The number of rotatable bonds is 6. The minimum atomic E-state index is -0.243. The van der Waals surface area contributed by atoms with Gasteiger partial charge in [-0.25, -0.2) is 4.79 Å². The SMILES string of the molecule is COc1ccc2[nH]cc(CCNC(=O)c3ccccc3NC(=O)N3C[C@@H]4C[C@H](C3)c3cccc(=O)n3C4)c2c1. The van der Waals surface area contributed by atoms with E-state index in [2.05, 4.69) is 15.6 Å². The first kappa shape index (κ1) is 24.8. The molecule has 2 atom stereocenters. The molecule has 200 valence electrons. The molecular weight excluding hydrogens is 494 g/mol. The van der Waals surface area contributed by atoms with E-state index in [1.807, 2.05) is 35.0 Å². The van der Waals surface area contributed by atoms with Gasteiger partial charge in [0.2, 0.25) is 0 Å². The van der Waals surface area contributed by atoms with E-state index >= 15 is 0 Å². The van der Waals surface area contributed by atoms with Crippen LogP contribution >= 0.6 is 0 Å². The maximum absolute atomic E-state index is 13.3. The molecule has 39 heavy (non-hydrogen) atoms. The smallest absolute Gasteiger partial charge is 0.321 e. The van der Waals surface area contributed by atoms with Crippen LogP contribution in [0.3, 0.4) is 0 Å². The molecule has 0 aliphatic carbocycles. The molecular formula is C30H31N5O4. The fourth-order valence-corrected chi connectivity index (χ4v) is 5.94. The van der Waals surface area contributed by atoms with Gasteiger partial charge in [0, 0.05) is 61.0 Å². The third kappa shape index (κ3) is 4.87. The van der Waals surface area contributed by atoms with Gasteiger partial charge in [-0.2, -0.15) is 0 Å². The second kappa shape index (κ2) is 10.3. The number of aromatic amines is 1. The molecule has 9 heteroatoms. The van der Waals surface area contributed by atoms with Crippen molar-refractivity contribution in [3.05, 3.63) is 94.0 Å². The molecule has 3 amide bonds. The molecule has 4 heterocycles. The maximum Gasteiger partial charge on any atom is 0.321 e. The summed E-state index contributed by atoms with van der Waals surface area (Å²) in [5.41, 5.74) is 4.01. The number of ether oxygens (including phenoxy) is 1. The molecule has 0 unspecified atom stereocenters. The minimum Gasteiger partial charge on any atom is -0.497 e. The van der Waals surface area contributed by atoms with Crippen LogP contribution in [-0.2, 0) is 13.0 Å². The lowest BCUT2D eigenvalue weighted by molar-refractivity contribution is 0.0955. The zero-order valence-electron chi connectivity index (χ0n) is 21.8. The number of nitrogens with zero attached hydrogens (tertiary/aromatic N) is 2. The summed E-state index contributed by atoms with van der Waals surface area (Å²) in [5.74, 6) is 0.893. The van der Waals surface area contributed by atoms with Gasteiger partial charge in [0.05, 0.1) is 18.4 Å². The summed E-state index contributed by atoms with van der Waals surface area (Å²) in [7, 11) is 1.64. The summed E-state index contributed by atoms with van der Waals surface area (Å²) in [6.07, 6.45) is 3.57. The van der Waals surface area contributed by atoms with Crippen LogP contribution in [0, 0.1) is 5.92 Å². The number of carbonyl (C=O) groups excluding carboxylic acids is 2. The van der Waals surface area contributed by atoms with Crippen molar-refractivity contribution in [3.63, 3.8) is 0 Å². The maximum atomic E-state index is 13.3. The Labute approximate surface area is 225 Å². The molecule has 3 N–H and O–H groups in total. The van der Waals surface area contributed by atoms with Crippen LogP contribution in [-0.4, -0.2) is 53.1 Å². The second-order valence-corrected chi connectivity index (χ2v) is 10.3. The second-order valence-electron chi connectivity index (χ2n) is 10.3. The molecule has 1 fully saturated rings. The van der Waals surface area contributed by atoms with E-state index in [9.17, 15) is 14.4 Å². The predicted molar refractivity (Wildman–Crippen MR) is 149 cm³/mol. The van der Waals surface area contributed by atoms with E-state index < -0.39 is 0 Å². The zero-order valence-corrected chi connectivity index (χ0v) is 21.8. The molecule has 9 nitrogen and oxygen atoms in total. The number of fused-ring (bicyclic) bond motifs is 5. The van der Waals surface area contributed by atoms with Crippen LogP contribution in [0.2, 0.25) is 0 Å². The van der Waals surface area contributed by atoms with Gasteiger partial charge in [0.15, 0.2) is 0 Å². The molecule has 0 radical (unpaired) electrons. The number of methoxy groups -OCH3 is 1. The Hall–Kier alpha value is -4.53. The molecule has 4 aromatic rings. The number of hydrogen-bond donors (Lipinski definition) is 3. The number of H-pyrrole nitrogens is 1. The molecule has 2 aromatic carbocycles. The van der Waals surface area contributed by atoms with Gasteiger partial charge in [-0.3, -0.25) is 9.59 Å². The summed E-state index contributed by atoms with van der Waals surface area (Å²) >= 11 is 0. The molecule has 2 bridgehead atoms. The van der Waals surface area contributed by atoms with E-state index in [0.717, 1.165) is 34.3 Å². The van der Waals surface area contributed by atoms with Gasteiger partial charge in [0.25, 0.3) is 11.5 Å². The molecule has 0 saturated carbocycles. The average molecular weight is 526 g/mol. The van der Waals surface area contributed by atoms with Crippen LogP contribution in [0.25, 0.3) is 10.9 Å². The highest BCUT2D eigenvalue weighted by molar-refractivity contribution is 6.03. The van der Waals surface area contributed by atoms with Crippen LogP contribution in [0.15, 0.2) is 71.7 Å². The molecule has 1 saturated heterocycles. The Balaban J connectivity index is 1.10. The average Bonchev–Trinajstić information content (AvgIpc) is 3.35. The third-order valence-electron chi connectivity index (χ3n) is 7.83. The zero-order chi connectivity index (χ0) is 26.9. The number of nitrogens with one attached hydrogen (secondary N) is 3. The van der Waals surface area contributed by atoms with Gasteiger partial charge in [0.1, 0.15) is 5.75 Å². The number of para-hydroxylation sites is 1. The van der Waals surface area contributed by atoms with E-state index in [0.29, 0.717) is 43.9 Å². The van der Waals surface area contributed by atoms with E-state index in [1.54, 1.807) is 48.4 Å². The van der Waals surface area contributed by atoms with Crippen molar-refractivity contribution in [3.8, 4) is 5.75 Å². The standard InChI is InChI=1S/C30H31N5O4/c1-39-22-9-10-25-24(14-22)20(15-32-25)11-12-31-29(37)23-5-2-3-6-26(23)33-30(38)34-16-19-13-21(18-34)27-7-4-8-28(36)35(27)17-19/h2-10,14-15,19,21,32H,11-13,16-18H2,1H3,(H,31,37)(H,33,38)/t19-,21+/m0/s1. The summed E-state index contributed by atoms with van der Waals surface area (Å²) in [5, 5.41) is 7.02. The number of anilines is 1. The van der Waals surface area contributed by atoms with Crippen molar-refractivity contribution in [2.45, 2.75) is 25.3 Å². The van der Waals surface area contributed by atoms with Gasteiger partial charge < -0.3 is 29.8 Å². The normalized spacial score (nSPS) is 17.9. The number of amides is 3. The Morgan fingerprint density at radius 3 is 2.79 bits per heavy atom. The summed E-state index contributed by atoms with van der Waals surface area (Å²) in [6, 6.07) is 18.1. The third-order valence-corrected chi connectivity index (χ3v) is 7.83. The predicted octanol–water partition coefficient (Wildman–Crippen LogP) is 3.96. The fourth-order valence-electron chi connectivity index (χ4n) is 5.94. The highest BCUT2D eigenvalue weighted by Crippen LogP contribution is 2.35. The van der Waals surface area contributed by atoms with Crippen molar-refractivity contribution in [2.75, 3.05) is 32.1 Å². The summed E-state index contributed by atoms with van der Waals surface area (Å²) < 4.78 is 7.19. The number of urea groups is 1. The largest absolute Gasteiger partial charge is 0.497 e. The first-order chi connectivity index (χ1) is 19.0. The van der Waals surface area contributed by atoms with Crippen LogP contribution in [0.1, 0.15) is 34.0 Å². The highest BCUT2D eigenvalue weighted by Gasteiger charge is 2.36. The quantitative estimate of drug-likeness (QED) is 0.354. The Bertz CT molecular complexity index is 1610. The lowest BCUT2D eigenvalue weighted by atomic mass is 9.83. The lowest BCUT2D eigenvalue weighted by Crippen LogP contribution is -2.50. The highest BCUT2D eigenvalue weighted by atomic mass is 16.5. The first-order valence-electron chi connectivity index (χ1n) is 13.3. The van der Waals surface area contributed by atoms with Crippen molar-refractivity contribution in [1.29, 1.82) is 0 Å². The van der Waals surface area contributed by atoms with Gasteiger partial charge in [-0.15, -0.1) is 0 Å². The molecule has 2 aliphatic rings. The van der Waals surface area contributed by atoms with Crippen molar-refractivity contribution >= 4 is 28.5 Å². The summed E-state index contributed by atoms with van der Waals surface area (Å²) in [4.78, 5) is 43.8. The van der Waals surface area contributed by atoms with E-state index in [4.69, 9.17) is 4.74 Å². The first-order valence-corrected chi connectivity index (χ1v) is 13.3. The van der Waals surface area contributed by atoms with Gasteiger partial charge >= 0.3 is 6.03 Å². The van der Waals surface area contributed by atoms with Crippen molar-refractivity contribution in [1.82, 2.24) is 19.8 Å². The Kier molecular flexibility index (Phi) is 6.56. The summed E-state index contributed by atoms with van der Waals surface area (Å²) in [6.45, 7) is 2.18. The van der Waals surface area contributed by atoms with E-state index in [-0.39, 0.29) is 29.3 Å². The number of pyridine rings is 1. The number of piperidine rings is 1. The van der Waals surface area contributed by atoms with Crippen LogP contribution in [0.5, 0.6) is 5.75 Å². The molecule has 2 aliphatic heterocycles. The molecule has 6 rings (SSSR count). The van der Waals surface area contributed by atoms with E-state index in [1.165, 1.54) is 0 Å². The molecule has 0 spiro atoms. The van der Waals surface area contributed by atoms with Gasteiger partial charge in [-0.05, 0) is 60.7 Å². The van der Waals surface area contributed by atoms with Crippen molar-refractivity contribution < 1.29 is 14.3 Å². The van der Waals surface area contributed by atoms with Crippen LogP contribution in [0.4, 0.5) is 10.5 Å². The topological polar surface area (TPSA) is 108 Å². The Morgan fingerprint density at radius 1 is 1.05 bits per heavy atom.